The predicted molar refractivity (Wildman–Crippen MR) is 255 cm³/mol. The van der Waals surface area contributed by atoms with Crippen LogP contribution in [-0.4, -0.2) is 32.8 Å². The van der Waals surface area contributed by atoms with Crippen LogP contribution in [0.2, 0.25) is 17.3 Å². The first-order valence-corrected chi connectivity index (χ1v) is 28.4. The standard InChI is InChI=1S/C35H28N3S.C18H23FGeN.Ir/c1-20-13-21(2)17-25(16-20)28-18-36-19-31-32(28)26-9-8-10-27(34(26)39-31)35-37-29-11-6-7-12-30(29)38(35)33-23(4)14-22(3)15-24(33)5;1-13(2)10-14-11-18(15-8-6-7-9-16(15)19)21-12-17(14)20(3,4)5;/h6-9,11-19H,1-5H3;6-7,9,11-13H,10H2,1-5H3;/q2*-1;/i1D3,2D3;;. The largest absolute Gasteiger partial charge is 0.333 e. The Morgan fingerprint density at radius 3 is 2.23 bits per heavy atom. The van der Waals surface area contributed by atoms with Crippen LogP contribution in [0.3, 0.4) is 0 Å². The van der Waals surface area contributed by atoms with E-state index in [9.17, 15) is 4.39 Å². The fourth-order valence-corrected chi connectivity index (χ4v) is 12.9. The number of thiophene rings is 1. The van der Waals surface area contributed by atoms with Gasteiger partial charge >= 0.3 is 130 Å². The molecular weight excluding hydrogens is 1010 g/mol. The van der Waals surface area contributed by atoms with Gasteiger partial charge in [-0.2, -0.15) is 11.3 Å². The summed E-state index contributed by atoms with van der Waals surface area (Å²) in [6.07, 6.45) is 6.47. The molecule has 5 aromatic carbocycles. The number of imidazole rings is 1. The zero-order valence-electron chi connectivity index (χ0n) is 41.6. The van der Waals surface area contributed by atoms with E-state index in [2.05, 4.69) is 103 Å². The van der Waals surface area contributed by atoms with Crippen LogP contribution in [0.25, 0.3) is 70.7 Å². The molecule has 9 aromatic rings. The molecule has 61 heavy (non-hydrogen) atoms. The van der Waals surface area contributed by atoms with Gasteiger partial charge in [-0.3, -0.25) is 9.97 Å². The van der Waals surface area contributed by atoms with E-state index in [1.807, 2.05) is 36.5 Å². The van der Waals surface area contributed by atoms with E-state index in [0.717, 1.165) is 65.8 Å². The van der Waals surface area contributed by atoms with E-state index in [-0.39, 0.29) is 37.0 Å². The molecule has 0 atom stereocenters. The number of hydrogen-bond donors (Lipinski definition) is 0. The van der Waals surface area contributed by atoms with Gasteiger partial charge in [-0.1, -0.05) is 70.1 Å². The van der Waals surface area contributed by atoms with Gasteiger partial charge in [-0.15, -0.1) is 18.2 Å². The number of benzene rings is 5. The maximum atomic E-state index is 13.9. The maximum Gasteiger partial charge on any atom is 0.0774 e. The molecule has 0 N–H and O–H groups in total. The molecule has 0 aliphatic heterocycles. The van der Waals surface area contributed by atoms with E-state index < -0.39 is 27.0 Å². The Balaban J connectivity index is 0.000000255. The van der Waals surface area contributed by atoms with E-state index >= 15 is 0 Å². The van der Waals surface area contributed by atoms with Crippen LogP contribution in [-0.2, 0) is 26.5 Å². The Bertz CT molecular complexity index is 3240. The summed E-state index contributed by atoms with van der Waals surface area (Å²) in [6, 6.07) is 34.1. The molecule has 1 radical (unpaired) electrons. The minimum absolute atomic E-state index is 0. The Kier molecular flexibility index (Phi) is 10.8. The zero-order valence-corrected chi connectivity index (χ0v) is 40.9. The average molecular weight is 1070 g/mol. The molecule has 0 fully saturated rings. The van der Waals surface area contributed by atoms with Crippen molar-refractivity contribution in [2.45, 2.75) is 72.0 Å². The molecule has 0 aliphatic rings. The van der Waals surface area contributed by atoms with Crippen molar-refractivity contribution in [3.63, 3.8) is 0 Å². The first kappa shape index (κ1) is 36.8. The van der Waals surface area contributed by atoms with Crippen molar-refractivity contribution in [2.75, 3.05) is 0 Å². The summed E-state index contributed by atoms with van der Waals surface area (Å²) in [5.41, 5.74) is 10.9. The quantitative estimate of drug-likeness (QED) is 0.118. The molecule has 4 heterocycles. The molecule has 0 saturated carbocycles. The van der Waals surface area contributed by atoms with Crippen molar-refractivity contribution in [2.24, 2.45) is 5.92 Å². The molecule has 4 nitrogen and oxygen atoms in total. The van der Waals surface area contributed by atoms with E-state index in [1.54, 1.807) is 48.0 Å². The second-order valence-electron chi connectivity index (χ2n) is 17.0. The van der Waals surface area contributed by atoms with Crippen molar-refractivity contribution in [3.8, 4) is 39.5 Å². The molecule has 0 saturated heterocycles. The molecular formula is C53H51FGeIrN4S-2. The topological polar surface area (TPSA) is 43.6 Å². The maximum absolute atomic E-state index is 13.9. The molecule has 9 rings (SSSR count). The van der Waals surface area contributed by atoms with Gasteiger partial charge in [0, 0.05) is 56.7 Å². The Hall–Kier alpha value is -4.79. The van der Waals surface area contributed by atoms with Crippen LogP contribution in [0.4, 0.5) is 4.39 Å². The number of pyridine rings is 2. The molecule has 0 unspecified atom stereocenters. The van der Waals surface area contributed by atoms with Gasteiger partial charge in [-0.05, 0) is 73.4 Å². The fourth-order valence-electron chi connectivity index (χ4n) is 8.34. The smallest absolute Gasteiger partial charge is 0.0774 e. The van der Waals surface area contributed by atoms with Gasteiger partial charge in [0.2, 0.25) is 0 Å². The number of aryl methyl sites for hydroxylation is 5. The van der Waals surface area contributed by atoms with Crippen molar-refractivity contribution >= 4 is 60.2 Å². The van der Waals surface area contributed by atoms with Crippen LogP contribution >= 0.6 is 11.3 Å². The summed E-state index contributed by atoms with van der Waals surface area (Å²) in [4.78, 5) is 14.2. The monoisotopic (exact) mass is 1070 g/mol. The predicted octanol–water partition coefficient (Wildman–Crippen LogP) is 13.9. The summed E-state index contributed by atoms with van der Waals surface area (Å²) < 4.78 is 67.6. The number of nitrogens with zero attached hydrogens (tertiary/aromatic N) is 4. The van der Waals surface area contributed by atoms with Crippen molar-refractivity contribution in [1.29, 1.82) is 0 Å². The molecule has 0 amide bonds. The Morgan fingerprint density at radius 1 is 0.820 bits per heavy atom. The van der Waals surface area contributed by atoms with Gasteiger partial charge in [0.05, 0.1) is 16.9 Å². The van der Waals surface area contributed by atoms with Crippen molar-refractivity contribution < 1.29 is 32.7 Å². The van der Waals surface area contributed by atoms with Crippen molar-refractivity contribution in [3.05, 3.63) is 161 Å². The second kappa shape index (κ2) is 17.9. The van der Waals surface area contributed by atoms with E-state index in [0.29, 0.717) is 28.3 Å². The molecule has 8 heteroatoms. The van der Waals surface area contributed by atoms with Crippen LogP contribution in [0.15, 0.2) is 110 Å². The minimum atomic E-state index is -2.47. The summed E-state index contributed by atoms with van der Waals surface area (Å²) in [5.74, 6) is 8.20. The summed E-state index contributed by atoms with van der Waals surface area (Å²) >= 11 is -0.402. The third kappa shape index (κ3) is 8.94. The Labute approximate surface area is 388 Å². The first-order valence-electron chi connectivity index (χ1n) is 23.2. The molecule has 0 bridgehead atoms. The van der Waals surface area contributed by atoms with Crippen LogP contribution in [0, 0.1) is 58.3 Å². The van der Waals surface area contributed by atoms with Gasteiger partial charge in [0.1, 0.15) is 0 Å². The first-order chi connectivity index (χ1) is 31.1. The third-order valence-corrected chi connectivity index (χ3v) is 16.2. The molecule has 0 aliphatic carbocycles. The van der Waals surface area contributed by atoms with Gasteiger partial charge in [0.15, 0.2) is 0 Å². The molecule has 0 spiro atoms. The zero-order chi connectivity index (χ0) is 47.5. The van der Waals surface area contributed by atoms with Gasteiger partial charge < -0.3 is 4.57 Å². The van der Waals surface area contributed by atoms with Crippen LogP contribution in [0.1, 0.15) is 55.5 Å². The summed E-state index contributed by atoms with van der Waals surface area (Å²) in [7, 11) is 0. The normalized spacial score (nSPS) is 13.5. The van der Waals surface area contributed by atoms with Gasteiger partial charge in [-0.25, -0.2) is 0 Å². The number of para-hydroxylation sites is 2. The van der Waals surface area contributed by atoms with Gasteiger partial charge in [0.25, 0.3) is 0 Å². The number of rotatable bonds is 7. The molecule has 4 aromatic heterocycles. The Morgan fingerprint density at radius 2 is 1.54 bits per heavy atom. The average Bonchev–Trinajstić information content (AvgIpc) is 3.81. The summed E-state index contributed by atoms with van der Waals surface area (Å²) in [6.45, 7) is 5.84. The fraction of sp³-hybridized carbons (Fsp3) is 0.226. The van der Waals surface area contributed by atoms with E-state index in [1.165, 1.54) is 27.7 Å². The second-order valence-corrected chi connectivity index (χ2v) is 28.7. The SMILES string of the molecule is CC(C)Cc1cc(-c2[c-]cccc2F)nc[c]1[Ge]([CH3])([CH3])[CH3].[2H]C([2H])([2H])c1cc(-c2cncc3sc4c(-c5nc6ccccc6n5-c5c(C)cc(C)cc5C)[c-]ccc4c23)cc(C([2H])([2H])[2H])c1.[Ir]. The van der Waals surface area contributed by atoms with Crippen LogP contribution in [0.5, 0.6) is 0 Å². The van der Waals surface area contributed by atoms with Crippen molar-refractivity contribution in [1.82, 2.24) is 19.5 Å². The minimum Gasteiger partial charge on any atom is -0.333 e. The number of fused-ring (bicyclic) bond motifs is 4. The number of hydrogen-bond acceptors (Lipinski definition) is 4. The third-order valence-electron chi connectivity index (χ3n) is 10.7. The number of aromatic nitrogens is 4. The number of halogens is 1. The summed E-state index contributed by atoms with van der Waals surface area (Å²) in [5, 5.41) is 1.82. The molecule has 311 valence electrons. The van der Waals surface area contributed by atoms with E-state index in [4.69, 9.17) is 13.2 Å². The van der Waals surface area contributed by atoms with Crippen LogP contribution < -0.4 is 4.40 Å².